The van der Waals surface area contributed by atoms with Crippen molar-refractivity contribution in [3.8, 4) is 0 Å². The summed E-state index contributed by atoms with van der Waals surface area (Å²) < 4.78 is 0. The Balaban J connectivity index is 2.49. The molecule has 1 aromatic carbocycles. The highest BCUT2D eigenvalue weighted by Crippen LogP contribution is 2.30. The quantitative estimate of drug-likeness (QED) is 0.544. The summed E-state index contributed by atoms with van der Waals surface area (Å²) in [6.07, 6.45) is 6.44. The van der Waals surface area contributed by atoms with E-state index >= 15 is 0 Å². The van der Waals surface area contributed by atoms with Crippen molar-refractivity contribution < 1.29 is 0 Å². The lowest BCUT2D eigenvalue weighted by Crippen LogP contribution is -1.95. The lowest BCUT2D eigenvalue weighted by atomic mass is 9.95. The van der Waals surface area contributed by atoms with Crippen molar-refractivity contribution in [3.05, 3.63) is 33.8 Å². The minimum atomic E-state index is 0.529. The smallest absolute Gasteiger partial charge is 0.0455 e. The zero-order valence-corrected chi connectivity index (χ0v) is 11.6. The summed E-state index contributed by atoms with van der Waals surface area (Å²) in [6.45, 7) is 4.47. The van der Waals surface area contributed by atoms with E-state index in [1.165, 1.54) is 37.7 Å². The van der Waals surface area contributed by atoms with E-state index in [0.29, 0.717) is 10.9 Å². The molecule has 1 aromatic rings. The van der Waals surface area contributed by atoms with Gasteiger partial charge in [-0.15, -0.1) is 0 Å². The van der Waals surface area contributed by atoms with Gasteiger partial charge < -0.3 is 0 Å². The largest absolute Gasteiger partial charge is 0.0843 e. The number of hydrogen-bond donors (Lipinski definition) is 0. The molecule has 0 aliphatic heterocycles. The fourth-order valence-electron chi connectivity index (χ4n) is 1.93. The molecule has 1 unspecified atom stereocenters. The maximum atomic E-state index is 6.18. The van der Waals surface area contributed by atoms with Gasteiger partial charge in [0, 0.05) is 10.0 Å². The van der Waals surface area contributed by atoms with Gasteiger partial charge >= 0.3 is 0 Å². The van der Waals surface area contributed by atoms with Crippen molar-refractivity contribution in [3.63, 3.8) is 0 Å². The van der Waals surface area contributed by atoms with E-state index in [1.807, 2.05) is 12.1 Å². The van der Waals surface area contributed by atoms with E-state index in [4.69, 9.17) is 23.2 Å². The van der Waals surface area contributed by atoms with Gasteiger partial charge in [-0.3, -0.25) is 0 Å². The molecule has 0 amide bonds. The van der Waals surface area contributed by atoms with Crippen LogP contribution < -0.4 is 0 Å². The van der Waals surface area contributed by atoms with Crippen molar-refractivity contribution in [2.75, 3.05) is 0 Å². The summed E-state index contributed by atoms with van der Waals surface area (Å²) >= 11 is 12.1. The standard InChI is InChI=1S/C14H20Cl2/c1-3-4-5-6-7-11(2)13-9-8-12(15)10-14(13)16/h8-11H,3-7H2,1-2H3. The molecule has 2 heteroatoms. The van der Waals surface area contributed by atoms with Gasteiger partial charge in [0.15, 0.2) is 0 Å². The van der Waals surface area contributed by atoms with Gasteiger partial charge in [-0.05, 0) is 30.0 Å². The maximum absolute atomic E-state index is 6.18. The Morgan fingerprint density at radius 3 is 2.50 bits per heavy atom. The topological polar surface area (TPSA) is 0 Å². The maximum Gasteiger partial charge on any atom is 0.0455 e. The molecule has 0 N–H and O–H groups in total. The average Bonchev–Trinajstić information content (AvgIpc) is 2.24. The van der Waals surface area contributed by atoms with Gasteiger partial charge in [0.05, 0.1) is 0 Å². The molecule has 0 fully saturated rings. The van der Waals surface area contributed by atoms with E-state index < -0.39 is 0 Å². The van der Waals surface area contributed by atoms with E-state index in [2.05, 4.69) is 19.9 Å². The summed E-state index contributed by atoms with van der Waals surface area (Å²) in [6, 6.07) is 5.81. The van der Waals surface area contributed by atoms with E-state index in [-0.39, 0.29) is 0 Å². The SMILES string of the molecule is CCCCCCC(C)c1ccc(Cl)cc1Cl. The highest BCUT2D eigenvalue weighted by Gasteiger charge is 2.09. The molecule has 0 spiro atoms. The fraction of sp³-hybridized carbons (Fsp3) is 0.571. The molecule has 1 rings (SSSR count). The Morgan fingerprint density at radius 1 is 1.12 bits per heavy atom. The van der Waals surface area contributed by atoms with Gasteiger partial charge in [0.2, 0.25) is 0 Å². The molecule has 0 aliphatic rings. The zero-order chi connectivity index (χ0) is 12.0. The molecule has 0 saturated heterocycles. The second kappa shape index (κ2) is 7.19. The van der Waals surface area contributed by atoms with Crippen LogP contribution in [0.5, 0.6) is 0 Å². The van der Waals surface area contributed by atoms with Gasteiger partial charge in [0.1, 0.15) is 0 Å². The third kappa shape index (κ3) is 4.35. The Morgan fingerprint density at radius 2 is 1.88 bits per heavy atom. The third-order valence-electron chi connectivity index (χ3n) is 2.98. The summed E-state index contributed by atoms with van der Waals surface area (Å²) in [5.74, 6) is 0.529. The van der Waals surface area contributed by atoms with Crippen molar-refractivity contribution in [2.24, 2.45) is 0 Å². The van der Waals surface area contributed by atoms with E-state index in [9.17, 15) is 0 Å². The summed E-state index contributed by atoms with van der Waals surface area (Å²) in [4.78, 5) is 0. The van der Waals surface area contributed by atoms with E-state index in [0.717, 1.165) is 5.02 Å². The van der Waals surface area contributed by atoms with Crippen LogP contribution in [0.3, 0.4) is 0 Å². The second-order valence-corrected chi connectivity index (χ2v) is 5.26. The third-order valence-corrected chi connectivity index (χ3v) is 3.55. The lowest BCUT2D eigenvalue weighted by Gasteiger charge is -2.13. The van der Waals surface area contributed by atoms with Crippen molar-refractivity contribution in [2.45, 2.75) is 51.9 Å². The van der Waals surface area contributed by atoms with Crippen LogP contribution in [0.25, 0.3) is 0 Å². The molecule has 16 heavy (non-hydrogen) atoms. The first-order chi connectivity index (χ1) is 7.65. The normalized spacial score (nSPS) is 12.8. The Hall–Kier alpha value is -0.200. The zero-order valence-electron chi connectivity index (χ0n) is 10.1. The number of benzene rings is 1. The van der Waals surface area contributed by atoms with Crippen LogP contribution in [-0.2, 0) is 0 Å². The second-order valence-electron chi connectivity index (χ2n) is 4.42. The first-order valence-corrected chi connectivity index (χ1v) is 6.85. The molecule has 0 bridgehead atoms. The van der Waals surface area contributed by atoms with Crippen LogP contribution in [0, 0.1) is 0 Å². The van der Waals surface area contributed by atoms with E-state index in [1.54, 1.807) is 0 Å². The van der Waals surface area contributed by atoms with Crippen LogP contribution in [0.15, 0.2) is 18.2 Å². The minimum absolute atomic E-state index is 0.529. The van der Waals surface area contributed by atoms with Gasteiger partial charge in [-0.2, -0.15) is 0 Å². The molecule has 90 valence electrons. The summed E-state index contributed by atoms with van der Waals surface area (Å²) in [5, 5.41) is 1.52. The van der Waals surface area contributed by atoms with Crippen molar-refractivity contribution in [1.82, 2.24) is 0 Å². The molecular formula is C14H20Cl2. The lowest BCUT2D eigenvalue weighted by molar-refractivity contribution is 0.580. The van der Waals surface area contributed by atoms with Crippen LogP contribution in [0.4, 0.5) is 0 Å². The first-order valence-electron chi connectivity index (χ1n) is 6.10. The van der Waals surface area contributed by atoms with Crippen LogP contribution in [-0.4, -0.2) is 0 Å². The van der Waals surface area contributed by atoms with Crippen LogP contribution >= 0.6 is 23.2 Å². The van der Waals surface area contributed by atoms with Crippen LogP contribution in [0.1, 0.15) is 57.4 Å². The summed E-state index contributed by atoms with van der Waals surface area (Å²) in [5.41, 5.74) is 1.22. The monoisotopic (exact) mass is 258 g/mol. The fourth-order valence-corrected chi connectivity index (χ4v) is 2.53. The van der Waals surface area contributed by atoms with Crippen molar-refractivity contribution in [1.29, 1.82) is 0 Å². The first kappa shape index (κ1) is 13.9. The Bertz CT molecular complexity index is 321. The highest BCUT2D eigenvalue weighted by atomic mass is 35.5. The van der Waals surface area contributed by atoms with Crippen molar-refractivity contribution >= 4 is 23.2 Å². The van der Waals surface area contributed by atoms with Crippen LogP contribution in [0.2, 0.25) is 10.0 Å². The molecular weight excluding hydrogens is 239 g/mol. The summed E-state index contributed by atoms with van der Waals surface area (Å²) in [7, 11) is 0. The Kier molecular flexibility index (Phi) is 6.23. The number of rotatable bonds is 6. The molecule has 1 atom stereocenters. The Labute approximate surface area is 109 Å². The number of hydrogen-bond acceptors (Lipinski definition) is 0. The molecule has 0 aliphatic carbocycles. The minimum Gasteiger partial charge on any atom is -0.0843 e. The number of halogens is 2. The molecule has 0 nitrogen and oxygen atoms in total. The molecule has 0 radical (unpaired) electrons. The number of unbranched alkanes of at least 4 members (excludes halogenated alkanes) is 3. The van der Waals surface area contributed by atoms with Gasteiger partial charge in [-0.1, -0.05) is 68.8 Å². The molecule has 0 saturated carbocycles. The molecule has 0 heterocycles. The average molecular weight is 259 g/mol. The highest BCUT2D eigenvalue weighted by molar-refractivity contribution is 6.35. The van der Waals surface area contributed by atoms with Gasteiger partial charge in [0.25, 0.3) is 0 Å². The predicted molar refractivity (Wildman–Crippen MR) is 73.6 cm³/mol. The van der Waals surface area contributed by atoms with Gasteiger partial charge in [-0.25, -0.2) is 0 Å². The predicted octanol–water partition coefficient (Wildman–Crippen LogP) is 6.07. The molecule has 0 aromatic heterocycles.